The third kappa shape index (κ3) is 1.96. The molecule has 0 saturated heterocycles. The van der Waals surface area contributed by atoms with Crippen molar-refractivity contribution in [3.8, 4) is 0 Å². The number of hydrogen-bond donors (Lipinski definition) is 0. The van der Waals surface area contributed by atoms with Crippen LogP contribution in [0.1, 0.15) is 23.8 Å². The number of benzene rings is 1. The smallest absolute Gasteiger partial charge is 0.249 e. The van der Waals surface area contributed by atoms with Gasteiger partial charge in [0.15, 0.2) is 6.29 Å². The Bertz CT molecular complexity index is 874. The number of rotatable bonds is 3. The molecule has 0 saturated carbocycles. The second-order valence-electron chi connectivity index (χ2n) is 5.32. The van der Waals surface area contributed by atoms with Crippen LogP contribution in [0.2, 0.25) is 0 Å². The molecule has 4 nitrogen and oxygen atoms in total. The highest BCUT2D eigenvalue weighted by Gasteiger charge is 2.39. The molecule has 1 aromatic heterocycles. The highest BCUT2D eigenvalue weighted by atomic mass is 32.2. The maximum Gasteiger partial charge on any atom is 0.249 e. The van der Waals surface area contributed by atoms with Crippen molar-refractivity contribution < 1.29 is 13.2 Å². The third-order valence-electron chi connectivity index (χ3n) is 3.86. The Morgan fingerprint density at radius 1 is 1.24 bits per heavy atom. The summed E-state index contributed by atoms with van der Waals surface area (Å²) in [5.74, 6) is 0. The fourth-order valence-corrected chi connectivity index (χ4v) is 4.38. The molecule has 0 radical (unpaired) electrons. The van der Waals surface area contributed by atoms with Crippen LogP contribution in [0.3, 0.4) is 0 Å². The van der Waals surface area contributed by atoms with Crippen LogP contribution in [0.15, 0.2) is 54.6 Å². The first-order chi connectivity index (χ1) is 9.99. The summed E-state index contributed by atoms with van der Waals surface area (Å²) in [4.78, 5) is 11.3. The van der Waals surface area contributed by atoms with Crippen molar-refractivity contribution >= 4 is 27.2 Å². The molecule has 1 heterocycles. The van der Waals surface area contributed by atoms with Crippen LogP contribution in [-0.4, -0.2) is 23.4 Å². The van der Waals surface area contributed by atoms with E-state index in [1.54, 1.807) is 43.3 Å². The zero-order valence-electron chi connectivity index (χ0n) is 11.6. The fraction of sp³-hybridized carbons (Fsp3) is 0.188. The molecular weight excluding hydrogens is 286 g/mol. The van der Waals surface area contributed by atoms with Gasteiger partial charge in [-0.1, -0.05) is 42.5 Å². The van der Waals surface area contributed by atoms with Crippen LogP contribution in [0.4, 0.5) is 0 Å². The van der Waals surface area contributed by atoms with Crippen LogP contribution < -0.4 is 0 Å². The lowest BCUT2D eigenvalue weighted by atomic mass is 10.0. The van der Waals surface area contributed by atoms with E-state index in [1.165, 1.54) is 3.97 Å². The van der Waals surface area contributed by atoms with Gasteiger partial charge in [0.25, 0.3) is 0 Å². The summed E-state index contributed by atoms with van der Waals surface area (Å²) in [6.07, 6.45) is 8.02. The second-order valence-corrected chi connectivity index (χ2v) is 7.57. The van der Waals surface area contributed by atoms with Gasteiger partial charge in [-0.3, -0.25) is 4.79 Å². The van der Waals surface area contributed by atoms with E-state index in [4.69, 9.17) is 0 Å². The van der Waals surface area contributed by atoms with Gasteiger partial charge in [-0.05, 0) is 25.5 Å². The van der Waals surface area contributed by atoms with Crippen LogP contribution in [0, 0.1) is 0 Å². The van der Waals surface area contributed by atoms with E-state index in [0.29, 0.717) is 18.2 Å². The van der Waals surface area contributed by atoms with E-state index in [1.807, 2.05) is 18.2 Å². The van der Waals surface area contributed by atoms with E-state index in [2.05, 4.69) is 0 Å². The van der Waals surface area contributed by atoms with Gasteiger partial charge in [0.1, 0.15) is 4.75 Å². The van der Waals surface area contributed by atoms with Crippen molar-refractivity contribution in [2.24, 2.45) is 0 Å². The molecule has 2 aromatic rings. The van der Waals surface area contributed by atoms with Crippen molar-refractivity contribution in [2.45, 2.75) is 18.1 Å². The Labute approximate surface area is 123 Å². The van der Waals surface area contributed by atoms with Gasteiger partial charge in [-0.15, -0.1) is 0 Å². The van der Waals surface area contributed by atoms with Crippen LogP contribution in [-0.2, 0) is 10.0 Å². The average Bonchev–Trinajstić information content (AvgIpc) is 2.87. The van der Waals surface area contributed by atoms with E-state index in [-0.39, 0.29) is 5.69 Å². The van der Waals surface area contributed by atoms with E-state index < -0.39 is 14.8 Å². The van der Waals surface area contributed by atoms with E-state index in [0.717, 1.165) is 5.39 Å². The molecule has 21 heavy (non-hydrogen) atoms. The summed E-state index contributed by atoms with van der Waals surface area (Å²) in [6, 6.07) is 8.70. The quantitative estimate of drug-likeness (QED) is 0.819. The second kappa shape index (κ2) is 4.70. The standard InChI is InChI=1S/C16H15NO3S/c1-16(9-5-2-6-10-16)21(19,20)17-14(12-18)11-13-7-3-4-8-15(13)17/h2-9,11-12H,10H2,1H3. The van der Waals surface area contributed by atoms with Crippen molar-refractivity contribution in [1.82, 2.24) is 3.97 Å². The Hall–Kier alpha value is -2.14. The molecule has 1 atom stereocenters. The van der Waals surface area contributed by atoms with Crippen molar-refractivity contribution in [1.29, 1.82) is 0 Å². The molecular formula is C16H15NO3S. The molecule has 0 aliphatic heterocycles. The van der Waals surface area contributed by atoms with Gasteiger partial charge in [0.2, 0.25) is 10.0 Å². The summed E-state index contributed by atoms with van der Waals surface area (Å²) >= 11 is 0. The predicted molar refractivity (Wildman–Crippen MR) is 82.9 cm³/mol. The summed E-state index contributed by atoms with van der Waals surface area (Å²) in [5, 5.41) is 0.738. The van der Waals surface area contributed by atoms with E-state index in [9.17, 15) is 13.2 Å². The van der Waals surface area contributed by atoms with Gasteiger partial charge in [-0.2, -0.15) is 0 Å². The molecule has 108 valence electrons. The monoisotopic (exact) mass is 301 g/mol. The normalized spacial score (nSPS) is 21.8. The minimum atomic E-state index is -3.74. The average molecular weight is 301 g/mol. The molecule has 1 unspecified atom stereocenters. The molecule has 1 aliphatic rings. The van der Waals surface area contributed by atoms with Gasteiger partial charge in [0.05, 0.1) is 11.2 Å². The summed E-state index contributed by atoms with van der Waals surface area (Å²) < 4.78 is 26.3. The largest absolute Gasteiger partial charge is 0.296 e. The zero-order chi connectivity index (χ0) is 15.1. The van der Waals surface area contributed by atoms with Gasteiger partial charge in [0, 0.05) is 5.39 Å². The Kier molecular flexibility index (Phi) is 3.10. The number of para-hydroxylation sites is 1. The lowest BCUT2D eigenvalue weighted by Gasteiger charge is -2.27. The highest BCUT2D eigenvalue weighted by molar-refractivity contribution is 7.91. The van der Waals surface area contributed by atoms with Crippen LogP contribution in [0.5, 0.6) is 0 Å². The number of nitrogens with zero attached hydrogens (tertiary/aromatic N) is 1. The molecule has 0 spiro atoms. The highest BCUT2D eigenvalue weighted by Crippen LogP contribution is 2.32. The summed E-state index contributed by atoms with van der Waals surface area (Å²) in [7, 11) is -3.74. The molecule has 0 N–H and O–H groups in total. The number of carbonyl (C=O) groups excluding carboxylic acids is 1. The number of hydrogen-bond acceptors (Lipinski definition) is 3. The number of allylic oxidation sites excluding steroid dienone is 3. The number of fused-ring (bicyclic) bond motifs is 1. The first-order valence-corrected chi connectivity index (χ1v) is 8.09. The summed E-state index contributed by atoms with van der Waals surface area (Å²) in [6.45, 7) is 1.67. The number of aromatic nitrogens is 1. The lowest BCUT2D eigenvalue weighted by molar-refractivity contribution is 0.111. The first kappa shape index (κ1) is 13.8. The molecule has 0 amide bonds. The number of carbonyl (C=O) groups is 1. The topological polar surface area (TPSA) is 56.1 Å². The molecule has 3 rings (SSSR count). The predicted octanol–water partition coefficient (Wildman–Crippen LogP) is 2.91. The Morgan fingerprint density at radius 2 is 2.00 bits per heavy atom. The lowest BCUT2D eigenvalue weighted by Crippen LogP contribution is -2.38. The van der Waals surface area contributed by atoms with E-state index >= 15 is 0 Å². The maximum absolute atomic E-state index is 13.1. The maximum atomic E-state index is 13.1. The summed E-state index contributed by atoms with van der Waals surface area (Å²) in [5.41, 5.74) is 0.684. The molecule has 1 aliphatic carbocycles. The minimum Gasteiger partial charge on any atom is -0.296 e. The van der Waals surface area contributed by atoms with Crippen molar-refractivity contribution in [2.75, 3.05) is 0 Å². The minimum absolute atomic E-state index is 0.153. The first-order valence-electron chi connectivity index (χ1n) is 6.65. The Balaban J connectivity index is 2.31. The Morgan fingerprint density at radius 3 is 2.67 bits per heavy atom. The third-order valence-corrected chi connectivity index (χ3v) is 6.23. The van der Waals surface area contributed by atoms with Crippen molar-refractivity contribution in [3.63, 3.8) is 0 Å². The zero-order valence-corrected chi connectivity index (χ0v) is 12.4. The van der Waals surface area contributed by atoms with Gasteiger partial charge >= 0.3 is 0 Å². The molecule has 1 aromatic carbocycles. The number of aldehydes is 1. The SMILES string of the molecule is CC1(S(=O)(=O)n2c(C=O)cc3ccccc32)C=CC=CC1. The van der Waals surface area contributed by atoms with Crippen molar-refractivity contribution in [3.05, 3.63) is 60.3 Å². The van der Waals surface area contributed by atoms with Gasteiger partial charge < -0.3 is 0 Å². The molecule has 0 bridgehead atoms. The molecule has 0 fully saturated rings. The molecule has 5 heteroatoms. The van der Waals surface area contributed by atoms with Gasteiger partial charge in [-0.25, -0.2) is 12.4 Å². The fourth-order valence-electron chi connectivity index (χ4n) is 2.61. The van der Waals surface area contributed by atoms with Crippen LogP contribution >= 0.6 is 0 Å². The van der Waals surface area contributed by atoms with Crippen LogP contribution in [0.25, 0.3) is 10.9 Å².